The largest absolute Gasteiger partial charge is 0.509 e. The number of hydrogen-bond donors (Lipinski definition) is 0. The molecule has 2 heterocycles. The van der Waals surface area contributed by atoms with E-state index in [4.69, 9.17) is 4.74 Å². The van der Waals surface area contributed by atoms with Crippen molar-refractivity contribution >= 4 is 28.0 Å². The highest BCUT2D eigenvalue weighted by Crippen LogP contribution is 2.40. The molecule has 2 fully saturated rings. The lowest BCUT2D eigenvalue weighted by Gasteiger charge is -2.34. The molecule has 1 aromatic carbocycles. The lowest BCUT2D eigenvalue weighted by atomic mass is 9.89. The van der Waals surface area contributed by atoms with Gasteiger partial charge in [-0.1, -0.05) is 15.9 Å². The normalized spacial score (nSPS) is 24.0. The molecule has 2 aliphatic rings. The summed E-state index contributed by atoms with van der Waals surface area (Å²) in [6, 6.07) is 3.97. The van der Waals surface area contributed by atoms with Crippen LogP contribution in [0.4, 0.5) is 4.79 Å². The molecule has 2 unspecified atom stereocenters. The number of carbonyl (C=O) groups excluding carboxylic acids is 2. The second-order valence-corrected chi connectivity index (χ2v) is 7.14. The third-order valence-corrected chi connectivity index (χ3v) is 5.13. The molecule has 0 aliphatic carbocycles. The highest BCUT2D eigenvalue weighted by atomic mass is 79.9. The molecule has 0 spiro atoms. The Balaban J connectivity index is 2.05. The number of amides is 1. The van der Waals surface area contributed by atoms with Gasteiger partial charge in [-0.25, -0.2) is 4.79 Å². The Labute approximate surface area is 149 Å². The minimum atomic E-state index is -0.766. The van der Waals surface area contributed by atoms with Crippen molar-refractivity contribution in [2.45, 2.75) is 38.8 Å². The standard InChI is InChI=1S/C17H21BrN2O4/c1-10-8-12(18)9-11(2)13(10)14-15(21)19-6-4-5-7-20(19)16(14)24-17(22)23-3/h8-9,14,16H,4-7H2,1-3H3. The number of benzene rings is 1. The molecule has 0 N–H and O–H groups in total. The summed E-state index contributed by atoms with van der Waals surface area (Å²) in [6.07, 6.45) is 0.495. The van der Waals surface area contributed by atoms with Crippen molar-refractivity contribution in [2.75, 3.05) is 20.2 Å². The minimum absolute atomic E-state index is 0.0166. The smallest absolute Gasteiger partial charge is 0.438 e. The second kappa shape index (κ2) is 6.72. The average molecular weight is 397 g/mol. The third-order valence-electron chi connectivity index (χ3n) is 4.67. The van der Waals surface area contributed by atoms with Crippen LogP contribution in [-0.2, 0) is 14.3 Å². The van der Waals surface area contributed by atoms with Crippen molar-refractivity contribution in [2.24, 2.45) is 0 Å². The fourth-order valence-corrected chi connectivity index (χ4v) is 4.38. The first-order valence-corrected chi connectivity index (χ1v) is 8.82. The zero-order valence-corrected chi connectivity index (χ0v) is 15.6. The number of aryl methyl sites for hydroxylation is 2. The Kier molecular flexibility index (Phi) is 4.83. The summed E-state index contributed by atoms with van der Waals surface area (Å²) in [5.74, 6) is -0.549. The van der Waals surface area contributed by atoms with Gasteiger partial charge in [0, 0.05) is 17.6 Å². The molecule has 1 aromatic rings. The van der Waals surface area contributed by atoms with Crippen LogP contribution in [-0.4, -0.2) is 48.5 Å². The van der Waals surface area contributed by atoms with E-state index in [1.807, 2.05) is 31.0 Å². The maximum atomic E-state index is 13.1. The van der Waals surface area contributed by atoms with Gasteiger partial charge in [-0.05, 0) is 55.5 Å². The first-order valence-electron chi connectivity index (χ1n) is 8.03. The summed E-state index contributed by atoms with van der Waals surface area (Å²) in [5, 5.41) is 3.59. The SMILES string of the molecule is COC(=O)OC1C(c2c(C)cc(Br)cc2C)C(=O)N2CCCCN12. The molecule has 0 bridgehead atoms. The molecule has 130 valence electrons. The number of nitrogens with zero attached hydrogens (tertiary/aromatic N) is 2. The van der Waals surface area contributed by atoms with Gasteiger partial charge in [0.15, 0.2) is 6.23 Å². The van der Waals surface area contributed by atoms with E-state index in [1.165, 1.54) is 7.11 Å². The van der Waals surface area contributed by atoms with Gasteiger partial charge < -0.3 is 9.47 Å². The molecule has 2 saturated heterocycles. The van der Waals surface area contributed by atoms with Crippen molar-refractivity contribution in [3.63, 3.8) is 0 Å². The van der Waals surface area contributed by atoms with Gasteiger partial charge in [-0.2, -0.15) is 5.01 Å². The Morgan fingerprint density at radius 3 is 2.46 bits per heavy atom. The molecule has 3 rings (SSSR count). The number of halogens is 1. The Bertz CT molecular complexity index is 656. The number of rotatable bonds is 2. The summed E-state index contributed by atoms with van der Waals surface area (Å²) in [6.45, 7) is 5.30. The van der Waals surface area contributed by atoms with E-state index in [2.05, 4.69) is 20.7 Å². The molecule has 2 aliphatic heterocycles. The highest BCUT2D eigenvalue weighted by Gasteiger charge is 2.51. The molecule has 0 saturated carbocycles. The number of methoxy groups -OCH3 is 1. The predicted molar refractivity (Wildman–Crippen MR) is 91.3 cm³/mol. The van der Waals surface area contributed by atoms with E-state index >= 15 is 0 Å². The van der Waals surface area contributed by atoms with Crippen molar-refractivity contribution in [3.8, 4) is 0 Å². The number of hydrogen-bond acceptors (Lipinski definition) is 5. The maximum Gasteiger partial charge on any atom is 0.509 e. The molecule has 24 heavy (non-hydrogen) atoms. The summed E-state index contributed by atoms with van der Waals surface area (Å²) in [5.41, 5.74) is 2.92. The molecule has 2 atom stereocenters. The topological polar surface area (TPSA) is 59.1 Å². The minimum Gasteiger partial charge on any atom is -0.438 e. The van der Waals surface area contributed by atoms with Gasteiger partial charge in [0.1, 0.15) is 5.92 Å². The molecule has 0 radical (unpaired) electrons. The lowest BCUT2D eigenvalue weighted by molar-refractivity contribution is -0.150. The van der Waals surface area contributed by atoms with E-state index in [9.17, 15) is 9.59 Å². The first kappa shape index (κ1) is 17.2. The molecular formula is C17H21BrN2O4. The van der Waals surface area contributed by atoms with Crippen LogP contribution in [0.15, 0.2) is 16.6 Å². The zero-order valence-electron chi connectivity index (χ0n) is 14.0. The summed E-state index contributed by atoms with van der Waals surface area (Å²) in [4.78, 5) is 24.8. The van der Waals surface area contributed by atoms with E-state index < -0.39 is 18.3 Å². The van der Waals surface area contributed by atoms with Crippen LogP contribution in [0.5, 0.6) is 0 Å². The predicted octanol–water partition coefficient (Wildman–Crippen LogP) is 3.11. The number of fused-ring (bicyclic) bond motifs is 1. The molecule has 1 amide bonds. The third kappa shape index (κ3) is 2.91. The Morgan fingerprint density at radius 2 is 1.83 bits per heavy atom. The summed E-state index contributed by atoms with van der Waals surface area (Å²) in [7, 11) is 1.28. The molecule has 7 heteroatoms. The van der Waals surface area contributed by atoms with Gasteiger partial charge in [0.2, 0.25) is 5.91 Å². The monoisotopic (exact) mass is 396 g/mol. The zero-order chi connectivity index (χ0) is 17.4. The maximum absolute atomic E-state index is 13.1. The van der Waals surface area contributed by atoms with Gasteiger partial charge in [0.05, 0.1) is 7.11 Å². The van der Waals surface area contributed by atoms with Crippen LogP contribution in [0, 0.1) is 13.8 Å². The quantitative estimate of drug-likeness (QED) is 0.718. The number of ether oxygens (including phenoxy) is 2. The van der Waals surface area contributed by atoms with Gasteiger partial charge in [-0.15, -0.1) is 0 Å². The van der Waals surface area contributed by atoms with Crippen molar-refractivity contribution in [3.05, 3.63) is 33.3 Å². The molecular weight excluding hydrogens is 376 g/mol. The van der Waals surface area contributed by atoms with E-state index in [0.717, 1.165) is 34.0 Å². The van der Waals surface area contributed by atoms with E-state index in [-0.39, 0.29) is 5.91 Å². The average Bonchev–Trinajstić information content (AvgIpc) is 2.80. The summed E-state index contributed by atoms with van der Waals surface area (Å²) < 4.78 is 11.1. The van der Waals surface area contributed by atoms with Crippen LogP contribution < -0.4 is 0 Å². The van der Waals surface area contributed by atoms with Crippen LogP contribution >= 0.6 is 15.9 Å². The van der Waals surface area contributed by atoms with E-state index in [1.54, 1.807) is 5.01 Å². The Morgan fingerprint density at radius 1 is 1.21 bits per heavy atom. The first-order chi connectivity index (χ1) is 11.4. The molecule has 0 aromatic heterocycles. The van der Waals surface area contributed by atoms with Crippen molar-refractivity contribution < 1.29 is 19.1 Å². The Hall–Kier alpha value is -1.60. The lowest BCUT2D eigenvalue weighted by Crippen LogP contribution is -2.48. The fraction of sp³-hybridized carbons (Fsp3) is 0.529. The van der Waals surface area contributed by atoms with Crippen LogP contribution in [0.25, 0.3) is 0 Å². The molecule has 6 nitrogen and oxygen atoms in total. The van der Waals surface area contributed by atoms with Gasteiger partial charge in [-0.3, -0.25) is 9.80 Å². The van der Waals surface area contributed by atoms with Crippen molar-refractivity contribution in [1.82, 2.24) is 10.0 Å². The van der Waals surface area contributed by atoms with Crippen LogP contribution in [0.3, 0.4) is 0 Å². The summed E-state index contributed by atoms with van der Waals surface area (Å²) >= 11 is 3.49. The van der Waals surface area contributed by atoms with E-state index in [0.29, 0.717) is 13.1 Å². The highest BCUT2D eigenvalue weighted by molar-refractivity contribution is 9.10. The van der Waals surface area contributed by atoms with Gasteiger partial charge >= 0.3 is 6.16 Å². The number of hydrazine groups is 1. The fourth-order valence-electron chi connectivity index (χ4n) is 3.69. The number of carbonyl (C=O) groups is 2. The van der Waals surface area contributed by atoms with Crippen LogP contribution in [0.2, 0.25) is 0 Å². The van der Waals surface area contributed by atoms with Crippen molar-refractivity contribution in [1.29, 1.82) is 0 Å². The van der Waals surface area contributed by atoms with Gasteiger partial charge in [0.25, 0.3) is 0 Å². The second-order valence-electron chi connectivity index (χ2n) is 6.23. The van der Waals surface area contributed by atoms with Crippen LogP contribution in [0.1, 0.15) is 35.4 Å².